The molecule has 0 saturated carbocycles. The fourth-order valence-electron chi connectivity index (χ4n) is 3.92. The van der Waals surface area contributed by atoms with Crippen molar-refractivity contribution in [3.8, 4) is 0 Å². The predicted molar refractivity (Wildman–Crippen MR) is 113 cm³/mol. The molecule has 1 saturated heterocycles. The van der Waals surface area contributed by atoms with Gasteiger partial charge in [0, 0.05) is 44.8 Å². The SMILES string of the molecule is CCCc1cc(C(=O)N(CCOC)CC2CCN(Cc3ccccc3F)CC2)no1. The summed E-state index contributed by atoms with van der Waals surface area (Å²) in [6, 6.07) is 8.70. The maximum atomic E-state index is 13.9. The second kappa shape index (κ2) is 11.2. The van der Waals surface area contributed by atoms with E-state index in [1.54, 1.807) is 19.2 Å². The van der Waals surface area contributed by atoms with Gasteiger partial charge in [0.2, 0.25) is 0 Å². The van der Waals surface area contributed by atoms with Gasteiger partial charge in [-0.3, -0.25) is 9.69 Å². The summed E-state index contributed by atoms with van der Waals surface area (Å²) < 4.78 is 24.4. The Morgan fingerprint density at radius 2 is 2.10 bits per heavy atom. The number of aryl methyl sites for hydroxylation is 1. The number of carbonyl (C=O) groups excluding carboxylic acids is 1. The minimum atomic E-state index is -0.147. The van der Waals surface area contributed by atoms with Gasteiger partial charge in [-0.1, -0.05) is 30.3 Å². The van der Waals surface area contributed by atoms with E-state index < -0.39 is 0 Å². The van der Waals surface area contributed by atoms with Gasteiger partial charge in [0.15, 0.2) is 5.69 Å². The molecule has 0 atom stereocenters. The topological polar surface area (TPSA) is 58.8 Å². The number of hydrogen-bond donors (Lipinski definition) is 0. The van der Waals surface area contributed by atoms with Crippen molar-refractivity contribution in [2.45, 2.75) is 39.2 Å². The zero-order valence-electron chi connectivity index (χ0n) is 18.0. The summed E-state index contributed by atoms with van der Waals surface area (Å²) in [7, 11) is 1.64. The Hall–Kier alpha value is -2.25. The number of likely N-dealkylation sites (tertiary alicyclic amines) is 1. The number of carbonyl (C=O) groups is 1. The number of ether oxygens (including phenoxy) is 1. The molecule has 30 heavy (non-hydrogen) atoms. The van der Waals surface area contributed by atoms with Gasteiger partial charge < -0.3 is 14.2 Å². The second-order valence-corrected chi connectivity index (χ2v) is 7.98. The number of aromatic nitrogens is 1. The summed E-state index contributed by atoms with van der Waals surface area (Å²) in [5.41, 5.74) is 1.10. The Morgan fingerprint density at radius 3 is 2.80 bits per heavy atom. The quantitative estimate of drug-likeness (QED) is 0.589. The number of halogens is 1. The van der Waals surface area contributed by atoms with Crippen LogP contribution in [0.3, 0.4) is 0 Å². The number of amides is 1. The zero-order chi connectivity index (χ0) is 21.3. The van der Waals surface area contributed by atoms with Crippen LogP contribution in [0.4, 0.5) is 4.39 Å². The molecule has 0 spiro atoms. The number of nitrogens with zero attached hydrogens (tertiary/aromatic N) is 3. The molecule has 0 N–H and O–H groups in total. The lowest BCUT2D eigenvalue weighted by Crippen LogP contribution is -2.42. The van der Waals surface area contributed by atoms with Gasteiger partial charge in [0.1, 0.15) is 11.6 Å². The van der Waals surface area contributed by atoms with Crippen LogP contribution < -0.4 is 0 Å². The van der Waals surface area contributed by atoms with E-state index in [0.717, 1.165) is 50.1 Å². The summed E-state index contributed by atoms with van der Waals surface area (Å²) in [5, 5.41) is 3.97. The first kappa shape index (κ1) is 22.4. The van der Waals surface area contributed by atoms with Crippen molar-refractivity contribution in [1.82, 2.24) is 15.0 Å². The molecule has 2 heterocycles. The molecule has 0 aliphatic carbocycles. The highest BCUT2D eigenvalue weighted by Gasteiger charge is 2.26. The average Bonchev–Trinajstić information content (AvgIpc) is 3.22. The van der Waals surface area contributed by atoms with Crippen LogP contribution in [0, 0.1) is 11.7 Å². The van der Waals surface area contributed by atoms with Crippen LogP contribution in [-0.4, -0.2) is 60.8 Å². The van der Waals surface area contributed by atoms with E-state index in [4.69, 9.17) is 9.26 Å². The first-order valence-electron chi connectivity index (χ1n) is 10.8. The third-order valence-corrected chi connectivity index (χ3v) is 5.66. The van der Waals surface area contributed by atoms with Crippen molar-refractivity contribution < 1.29 is 18.4 Å². The predicted octanol–water partition coefficient (Wildman–Crippen LogP) is 3.77. The van der Waals surface area contributed by atoms with Crippen molar-refractivity contribution in [1.29, 1.82) is 0 Å². The van der Waals surface area contributed by atoms with Crippen LogP contribution >= 0.6 is 0 Å². The van der Waals surface area contributed by atoms with E-state index >= 15 is 0 Å². The van der Waals surface area contributed by atoms with Crippen molar-refractivity contribution >= 4 is 5.91 Å². The Balaban J connectivity index is 1.55. The van der Waals surface area contributed by atoms with E-state index in [2.05, 4.69) is 17.0 Å². The van der Waals surface area contributed by atoms with E-state index in [9.17, 15) is 9.18 Å². The lowest BCUT2D eigenvalue weighted by molar-refractivity contribution is 0.0607. The van der Waals surface area contributed by atoms with Gasteiger partial charge in [-0.2, -0.15) is 0 Å². The number of rotatable bonds is 10. The van der Waals surface area contributed by atoms with Gasteiger partial charge in [-0.25, -0.2) is 4.39 Å². The van der Waals surface area contributed by atoms with Crippen LogP contribution in [0.1, 0.15) is 48.0 Å². The Bertz CT molecular complexity index is 802. The molecule has 1 amide bonds. The van der Waals surface area contributed by atoms with Crippen LogP contribution in [0.5, 0.6) is 0 Å². The van der Waals surface area contributed by atoms with Crippen molar-refractivity contribution in [3.63, 3.8) is 0 Å². The Morgan fingerprint density at radius 1 is 1.33 bits per heavy atom. The summed E-state index contributed by atoms with van der Waals surface area (Å²) in [6.07, 6.45) is 3.68. The minimum Gasteiger partial charge on any atom is -0.383 e. The molecule has 6 nitrogen and oxygen atoms in total. The Kier molecular flexibility index (Phi) is 8.39. The highest BCUT2D eigenvalue weighted by atomic mass is 19.1. The molecule has 3 rings (SSSR count). The second-order valence-electron chi connectivity index (χ2n) is 7.98. The minimum absolute atomic E-state index is 0.105. The standard InChI is InChI=1S/C23H32FN3O3/c1-3-6-20-15-22(25-30-20)23(28)27(13-14-29-2)16-18-9-11-26(12-10-18)17-19-7-4-5-8-21(19)24/h4-5,7-8,15,18H,3,6,9-14,16-17H2,1-2H3. The molecule has 0 bridgehead atoms. The molecule has 1 fully saturated rings. The molecule has 1 aliphatic rings. The molecule has 7 heteroatoms. The van der Waals surface area contributed by atoms with Gasteiger partial charge in [0.25, 0.3) is 5.91 Å². The maximum Gasteiger partial charge on any atom is 0.276 e. The average molecular weight is 418 g/mol. The summed E-state index contributed by atoms with van der Waals surface area (Å²) in [6.45, 7) is 6.17. The van der Waals surface area contributed by atoms with E-state index in [0.29, 0.717) is 37.9 Å². The molecular formula is C23H32FN3O3. The summed E-state index contributed by atoms with van der Waals surface area (Å²) in [5.74, 6) is 0.900. The molecule has 1 aliphatic heterocycles. The molecular weight excluding hydrogens is 385 g/mol. The largest absolute Gasteiger partial charge is 0.383 e. The molecule has 0 unspecified atom stereocenters. The smallest absolute Gasteiger partial charge is 0.276 e. The van der Waals surface area contributed by atoms with Gasteiger partial charge in [-0.15, -0.1) is 0 Å². The first-order valence-corrected chi connectivity index (χ1v) is 10.8. The van der Waals surface area contributed by atoms with E-state index in [-0.39, 0.29) is 11.7 Å². The highest BCUT2D eigenvalue weighted by molar-refractivity contribution is 5.92. The van der Waals surface area contributed by atoms with Crippen molar-refractivity contribution in [2.24, 2.45) is 5.92 Å². The normalized spacial score (nSPS) is 15.4. The van der Waals surface area contributed by atoms with Crippen LogP contribution in [0.2, 0.25) is 0 Å². The lowest BCUT2D eigenvalue weighted by atomic mass is 9.95. The molecule has 164 valence electrons. The molecule has 0 radical (unpaired) electrons. The molecule has 1 aromatic heterocycles. The third-order valence-electron chi connectivity index (χ3n) is 5.66. The number of piperidine rings is 1. The fourth-order valence-corrected chi connectivity index (χ4v) is 3.92. The van der Waals surface area contributed by atoms with E-state index in [1.807, 2.05) is 17.0 Å². The van der Waals surface area contributed by atoms with Crippen molar-refractivity contribution in [3.05, 3.63) is 53.2 Å². The van der Waals surface area contributed by atoms with Crippen LogP contribution in [0.15, 0.2) is 34.9 Å². The van der Waals surface area contributed by atoms with Gasteiger partial charge in [-0.05, 0) is 44.3 Å². The van der Waals surface area contributed by atoms with E-state index in [1.165, 1.54) is 6.07 Å². The highest BCUT2D eigenvalue weighted by Crippen LogP contribution is 2.22. The number of hydrogen-bond acceptors (Lipinski definition) is 5. The van der Waals surface area contributed by atoms with Gasteiger partial charge >= 0.3 is 0 Å². The third kappa shape index (κ3) is 6.12. The van der Waals surface area contributed by atoms with Crippen LogP contribution in [-0.2, 0) is 17.7 Å². The molecule has 2 aromatic rings. The maximum absolute atomic E-state index is 13.9. The van der Waals surface area contributed by atoms with Crippen molar-refractivity contribution in [2.75, 3.05) is 39.9 Å². The lowest BCUT2D eigenvalue weighted by Gasteiger charge is -2.34. The number of methoxy groups -OCH3 is 1. The summed E-state index contributed by atoms with van der Waals surface area (Å²) >= 11 is 0. The Labute approximate surface area is 178 Å². The van der Waals surface area contributed by atoms with Gasteiger partial charge in [0.05, 0.1) is 6.61 Å². The summed E-state index contributed by atoms with van der Waals surface area (Å²) in [4.78, 5) is 17.1. The number of benzene rings is 1. The molecule has 1 aromatic carbocycles. The van der Waals surface area contributed by atoms with Crippen LogP contribution in [0.25, 0.3) is 0 Å². The monoisotopic (exact) mass is 417 g/mol. The first-order chi connectivity index (χ1) is 14.6. The zero-order valence-corrected chi connectivity index (χ0v) is 18.0. The fraction of sp³-hybridized carbons (Fsp3) is 0.565.